The minimum atomic E-state index is -0.954. The lowest BCUT2D eigenvalue weighted by Gasteiger charge is -2.08. The van der Waals surface area contributed by atoms with E-state index in [4.69, 9.17) is 9.84 Å². The SMILES string of the molecule is CCCOc1cccc(C(=O)NCCc2cccc(C(=O)O)c2)c1. The van der Waals surface area contributed by atoms with Gasteiger partial charge < -0.3 is 15.2 Å². The third kappa shape index (κ3) is 5.12. The van der Waals surface area contributed by atoms with Crippen molar-refractivity contribution in [1.29, 1.82) is 0 Å². The van der Waals surface area contributed by atoms with E-state index < -0.39 is 5.97 Å². The van der Waals surface area contributed by atoms with Crippen LogP contribution in [-0.4, -0.2) is 30.1 Å². The number of aromatic carboxylic acids is 1. The number of ether oxygens (including phenoxy) is 1. The first-order chi connectivity index (χ1) is 11.6. The molecular formula is C19H21NO4. The summed E-state index contributed by atoms with van der Waals surface area (Å²) in [5.74, 6) is -0.449. The molecule has 126 valence electrons. The summed E-state index contributed by atoms with van der Waals surface area (Å²) in [5, 5.41) is 11.8. The van der Waals surface area contributed by atoms with Gasteiger partial charge in [0, 0.05) is 12.1 Å². The fraction of sp³-hybridized carbons (Fsp3) is 0.263. The summed E-state index contributed by atoms with van der Waals surface area (Å²) in [4.78, 5) is 23.1. The Kier molecular flexibility index (Phi) is 6.37. The Balaban J connectivity index is 1.89. The fourth-order valence-corrected chi connectivity index (χ4v) is 2.23. The monoisotopic (exact) mass is 327 g/mol. The van der Waals surface area contributed by atoms with Gasteiger partial charge >= 0.3 is 5.97 Å². The largest absolute Gasteiger partial charge is 0.494 e. The standard InChI is InChI=1S/C19H21NO4/c1-2-11-24-17-8-4-6-15(13-17)18(21)20-10-9-14-5-3-7-16(12-14)19(22)23/h3-8,12-13H,2,9-11H2,1H3,(H,20,21)(H,22,23). The minimum Gasteiger partial charge on any atom is -0.494 e. The van der Waals surface area contributed by atoms with Gasteiger partial charge in [-0.25, -0.2) is 4.79 Å². The van der Waals surface area contributed by atoms with Gasteiger partial charge in [0.05, 0.1) is 12.2 Å². The van der Waals surface area contributed by atoms with Gasteiger partial charge in [-0.05, 0) is 48.7 Å². The Morgan fingerprint density at radius 1 is 1.08 bits per heavy atom. The van der Waals surface area contributed by atoms with Crippen LogP contribution in [0, 0.1) is 0 Å². The average molecular weight is 327 g/mol. The van der Waals surface area contributed by atoms with E-state index in [1.807, 2.05) is 19.1 Å². The van der Waals surface area contributed by atoms with Gasteiger partial charge in [0.1, 0.15) is 5.75 Å². The van der Waals surface area contributed by atoms with Gasteiger partial charge in [-0.1, -0.05) is 25.1 Å². The number of amides is 1. The minimum absolute atomic E-state index is 0.175. The van der Waals surface area contributed by atoms with Gasteiger partial charge in [-0.2, -0.15) is 0 Å². The molecule has 5 heteroatoms. The first kappa shape index (κ1) is 17.5. The van der Waals surface area contributed by atoms with E-state index in [1.54, 1.807) is 36.4 Å². The lowest BCUT2D eigenvalue weighted by Crippen LogP contribution is -2.25. The molecule has 0 spiro atoms. The second kappa shape index (κ2) is 8.72. The van der Waals surface area contributed by atoms with Crippen molar-refractivity contribution in [3.05, 3.63) is 65.2 Å². The molecule has 5 nitrogen and oxygen atoms in total. The van der Waals surface area contributed by atoms with Crippen molar-refractivity contribution in [1.82, 2.24) is 5.32 Å². The zero-order valence-corrected chi connectivity index (χ0v) is 13.6. The van der Waals surface area contributed by atoms with Gasteiger partial charge in [0.2, 0.25) is 0 Å². The molecule has 2 rings (SSSR count). The third-order valence-electron chi connectivity index (χ3n) is 3.44. The number of carbonyl (C=O) groups is 2. The number of hydrogen-bond acceptors (Lipinski definition) is 3. The van der Waals surface area contributed by atoms with E-state index in [1.165, 1.54) is 0 Å². The van der Waals surface area contributed by atoms with Crippen LogP contribution in [0.15, 0.2) is 48.5 Å². The van der Waals surface area contributed by atoms with Crippen molar-refractivity contribution in [2.24, 2.45) is 0 Å². The number of benzene rings is 2. The summed E-state index contributed by atoms with van der Waals surface area (Å²) in [6, 6.07) is 13.8. The first-order valence-electron chi connectivity index (χ1n) is 7.93. The van der Waals surface area contributed by atoms with E-state index in [9.17, 15) is 9.59 Å². The summed E-state index contributed by atoms with van der Waals surface area (Å²) >= 11 is 0. The maximum Gasteiger partial charge on any atom is 0.335 e. The van der Waals surface area contributed by atoms with Gasteiger partial charge in [0.25, 0.3) is 5.91 Å². The molecule has 0 bridgehead atoms. The van der Waals surface area contributed by atoms with Gasteiger partial charge in [-0.3, -0.25) is 4.79 Å². The first-order valence-corrected chi connectivity index (χ1v) is 7.93. The molecule has 0 aliphatic carbocycles. The highest BCUT2D eigenvalue weighted by molar-refractivity contribution is 5.94. The molecule has 0 radical (unpaired) electrons. The Morgan fingerprint density at radius 2 is 1.83 bits per heavy atom. The van der Waals surface area contributed by atoms with Crippen molar-refractivity contribution >= 4 is 11.9 Å². The molecule has 0 atom stereocenters. The lowest BCUT2D eigenvalue weighted by molar-refractivity contribution is 0.0696. The second-order valence-electron chi connectivity index (χ2n) is 5.39. The van der Waals surface area contributed by atoms with Crippen molar-refractivity contribution in [2.45, 2.75) is 19.8 Å². The van der Waals surface area contributed by atoms with Crippen LogP contribution in [0.2, 0.25) is 0 Å². The van der Waals surface area contributed by atoms with E-state index in [0.29, 0.717) is 30.9 Å². The molecule has 2 aromatic rings. The Labute approximate surface area is 141 Å². The van der Waals surface area contributed by atoms with E-state index in [2.05, 4.69) is 5.32 Å². The Morgan fingerprint density at radius 3 is 2.58 bits per heavy atom. The molecule has 1 amide bonds. The molecule has 0 heterocycles. The van der Waals surface area contributed by atoms with Crippen LogP contribution in [0.5, 0.6) is 5.75 Å². The van der Waals surface area contributed by atoms with Crippen molar-refractivity contribution in [3.63, 3.8) is 0 Å². The van der Waals surface area contributed by atoms with Gasteiger partial charge in [0.15, 0.2) is 0 Å². The van der Waals surface area contributed by atoms with Crippen LogP contribution in [0.3, 0.4) is 0 Å². The van der Waals surface area contributed by atoms with Crippen LogP contribution in [0.4, 0.5) is 0 Å². The lowest BCUT2D eigenvalue weighted by atomic mass is 10.1. The number of carboxylic acids is 1. The summed E-state index contributed by atoms with van der Waals surface area (Å²) < 4.78 is 5.52. The molecular weight excluding hydrogens is 306 g/mol. The number of rotatable bonds is 8. The van der Waals surface area contributed by atoms with E-state index in [-0.39, 0.29) is 11.5 Å². The van der Waals surface area contributed by atoms with Gasteiger partial charge in [-0.15, -0.1) is 0 Å². The van der Waals surface area contributed by atoms with Crippen molar-refractivity contribution in [3.8, 4) is 5.75 Å². The number of carbonyl (C=O) groups excluding carboxylic acids is 1. The highest BCUT2D eigenvalue weighted by Gasteiger charge is 2.07. The predicted octanol–water partition coefficient (Wildman–Crippen LogP) is 3.15. The molecule has 0 saturated heterocycles. The molecule has 24 heavy (non-hydrogen) atoms. The molecule has 0 aromatic heterocycles. The smallest absolute Gasteiger partial charge is 0.335 e. The van der Waals surface area contributed by atoms with E-state index in [0.717, 1.165) is 12.0 Å². The maximum atomic E-state index is 12.2. The van der Waals surface area contributed by atoms with E-state index >= 15 is 0 Å². The molecule has 0 aliphatic rings. The van der Waals surface area contributed by atoms with Crippen molar-refractivity contribution < 1.29 is 19.4 Å². The third-order valence-corrected chi connectivity index (χ3v) is 3.44. The summed E-state index contributed by atoms with van der Waals surface area (Å²) in [6.07, 6.45) is 1.48. The quantitative estimate of drug-likeness (QED) is 0.781. The van der Waals surface area contributed by atoms with Crippen LogP contribution < -0.4 is 10.1 Å². The summed E-state index contributed by atoms with van der Waals surface area (Å²) in [5.41, 5.74) is 1.66. The van der Waals surface area contributed by atoms with Crippen LogP contribution >= 0.6 is 0 Å². The second-order valence-corrected chi connectivity index (χ2v) is 5.39. The number of carboxylic acid groups (broad SMARTS) is 1. The number of nitrogens with one attached hydrogen (secondary N) is 1. The zero-order valence-electron chi connectivity index (χ0n) is 13.6. The molecule has 0 saturated carbocycles. The van der Waals surface area contributed by atoms with Crippen LogP contribution in [-0.2, 0) is 6.42 Å². The molecule has 0 aliphatic heterocycles. The maximum absolute atomic E-state index is 12.2. The molecule has 0 unspecified atom stereocenters. The van der Waals surface area contributed by atoms with Crippen molar-refractivity contribution in [2.75, 3.05) is 13.2 Å². The van der Waals surface area contributed by atoms with Crippen LogP contribution in [0.1, 0.15) is 39.6 Å². The highest BCUT2D eigenvalue weighted by atomic mass is 16.5. The average Bonchev–Trinajstić information content (AvgIpc) is 2.60. The summed E-state index contributed by atoms with van der Waals surface area (Å²) in [6.45, 7) is 3.07. The molecule has 0 fully saturated rings. The fourth-order valence-electron chi connectivity index (χ4n) is 2.23. The van der Waals surface area contributed by atoms with Crippen LogP contribution in [0.25, 0.3) is 0 Å². The zero-order chi connectivity index (χ0) is 17.4. The summed E-state index contributed by atoms with van der Waals surface area (Å²) in [7, 11) is 0. The molecule has 2 N–H and O–H groups in total. The number of hydrogen-bond donors (Lipinski definition) is 2. The topological polar surface area (TPSA) is 75.6 Å². The highest BCUT2D eigenvalue weighted by Crippen LogP contribution is 2.13. The normalized spacial score (nSPS) is 10.2. The molecule has 2 aromatic carbocycles. The Bertz CT molecular complexity index is 712. The Hall–Kier alpha value is -2.82. The predicted molar refractivity (Wildman–Crippen MR) is 91.7 cm³/mol.